The Morgan fingerprint density at radius 1 is 1.42 bits per heavy atom. The van der Waals surface area contributed by atoms with Gasteiger partial charge in [-0.2, -0.15) is 0 Å². The van der Waals surface area contributed by atoms with Gasteiger partial charge in [0.2, 0.25) is 0 Å². The Bertz CT molecular complexity index is 453. The van der Waals surface area contributed by atoms with Gasteiger partial charge < -0.3 is 10.2 Å². The molecule has 0 spiro atoms. The van der Waals surface area contributed by atoms with E-state index in [1.165, 1.54) is 19.3 Å². The van der Waals surface area contributed by atoms with Crippen molar-refractivity contribution in [3.8, 4) is 0 Å². The van der Waals surface area contributed by atoms with Crippen LogP contribution in [0, 0.1) is 5.92 Å². The van der Waals surface area contributed by atoms with Crippen molar-refractivity contribution in [1.82, 2.24) is 10.2 Å². The number of rotatable bonds is 2. The number of sulfone groups is 1. The molecule has 2 aliphatic rings. The largest absolute Gasteiger partial charge is 0.356 e. The van der Waals surface area contributed by atoms with E-state index in [-0.39, 0.29) is 5.75 Å². The summed E-state index contributed by atoms with van der Waals surface area (Å²) in [5.74, 6) is 1.82. The second-order valence-electron chi connectivity index (χ2n) is 6.23. The molecule has 110 valence electrons. The van der Waals surface area contributed by atoms with Gasteiger partial charge in [-0.15, -0.1) is 0 Å². The molecule has 2 rings (SSSR count). The van der Waals surface area contributed by atoms with Crippen LogP contribution in [0.3, 0.4) is 0 Å². The maximum absolute atomic E-state index is 12.0. The van der Waals surface area contributed by atoms with Gasteiger partial charge in [-0.3, -0.25) is 4.99 Å². The zero-order valence-electron chi connectivity index (χ0n) is 12.1. The molecule has 1 saturated heterocycles. The number of guanidine groups is 1. The first kappa shape index (κ1) is 14.6. The third kappa shape index (κ3) is 3.04. The quantitative estimate of drug-likeness (QED) is 0.605. The van der Waals surface area contributed by atoms with Crippen molar-refractivity contribution in [1.29, 1.82) is 0 Å². The minimum absolute atomic E-state index is 0.212. The van der Waals surface area contributed by atoms with Gasteiger partial charge in [-0.05, 0) is 32.6 Å². The van der Waals surface area contributed by atoms with Crippen molar-refractivity contribution in [2.24, 2.45) is 10.9 Å². The molecule has 1 saturated carbocycles. The second kappa shape index (κ2) is 5.31. The molecule has 5 nitrogen and oxygen atoms in total. The summed E-state index contributed by atoms with van der Waals surface area (Å²) in [4.78, 5) is 6.36. The van der Waals surface area contributed by atoms with Crippen LogP contribution in [0.15, 0.2) is 4.99 Å². The van der Waals surface area contributed by atoms with E-state index in [9.17, 15) is 8.42 Å². The molecule has 0 radical (unpaired) electrons. The number of nitrogens with one attached hydrogen (secondary N) is 1. The molecule has 0 bridgehead atoms. The molecule has 6 heteroatoms. The Hall–Kier alpha value is -0.780. The molecular formula is C13H25N3O2S. The van der Waals surface area contributed by atoms with Crippen molar-refractivity contribution < 1.29 is 8.42 Å². The summed E-state index contributed by atoms with van der Waals surface area (Å²) in [6, 6.07) is 0. The molecule has 0 aromatic carbocycles. The Labute approximate surface area is 116 Å². The molecule has 1 N–H and O–H groups in total. The van der Waals surface area contributed by atoms with Crippen molar-refractivity contribution in [3.63, 3.8) is 0 Å². The molecule has 0 aromatic heterocycles. The first-order valence-corrected chi connectivity index (χ1v) is 8.69. The van der Waals surface area contributed by atoms with Crippen molar-refractivity contribution in [2.75, 3.05) is 32.4 Å². The van der Waals surface area contributed by atoms with Gasteiger partial charge in [0.15, 0.2) is 15.8 Å². The standard InChI is InChI=1S/C13H25N3O2S/c1-13(2)10-16(7-8-19(13,17)18)12(14-3)15-9-11-5-4-6-11/h11H,4-10H2,1-3H3,(H,14,15). The summed E-state index contributed by atoms with van der Waals surface area (Å²) in [5, 5.41) is 3.39. The summed E-state index contributed by atoms with van der Waals surface area (Å²) in [6.07, 6.45) is 3.92. The van der Waals surface area contributed by atoms with Crippen LogP contribution in [0.1, 0.15) is 33.1 Å². The highest BCUT2D eigenvalue weighted by molar-refractivity contribution is 7.92. The molecule has 2 fully saturated rings. The molecule has 19 heavy (non-hydrogen) atoms. The third-order valence-electron chi connectivity index (χ3n) is 4.33. The predicted molar refractivity (Wildman–Crippen MR) is 78.1 cm³/mol. The number of aliphatic imine (C=N–C) groups is 1. The van der Waals surface area contributed by atoms with Crippen LogP contribution in [0.25, 0.3) is 0 Å². The monoisotopic (exact) mass is 287 g/mol. The molecule has 1 heterocycles. The van der Waals surface area contributed by atoms with Gasteiger partial charge in [0, 0.05) is 26.7 Å². The normalized spacial score (nSPS) is 26.9. The topological polar surface area (TPSA) is 61.8 Å². The molecule has 0 atom stereocenters. The maximum Gasteiger partial charge on any atom is 0.193 e. The maximum atomic E-state index is 12.0. The Morgan fingerprint density at radius 3 is 2.58 bits per heavy atom. The minimum Gasteiger partial charge on any atom is -0.356 e. The molecule has 0 aromatic rings. The van der Waals surface area contributed by atoms with Crippen LogP contribution in [0.4, 0.5) is 0 Å². The SMILES string of the molecule is CN=C(NCC1CCC1)N1CCS(=O)(=O)C(C)(C)C1. The lowest BCUT2D eigenvalue weighted by molar-refractivity contribution is 0.303. The highest BCUT2D eigenvalue weighted by Crippen LogP contribution is 2.26. The van der Waals surface area contributed by atoms with Crippen LogP contribution in [0.2, 0.25) is 0 Å². The number of nitrogens with zero attached hydrogens (tertiary/aromatic N) is 2. The summed E-state index contributed by atoms with van der Waals surface area (Å²) in [6.45, 7) is 5.60. The fraction of sp³-hybridized carbons (Fsp3) is 0.923. The molecule has 0 unspecified atom stereocenters. The predicted octanol–water partition coefficient (Wildman–Crippen LogP) is 0.871. The fourth-order valence-electron chi connectivity index (χ4n) is 2.59. The van der Waals surface area contributed by atoms with Crippen molar-refractivity contribution >= 4 is 15.8 Å². The summed E-state index contributed by atoms with van der Waals surface area (Å²) >= 11 is 0. The van der Waals surface area contributed by atoms with E-state index in [1.807, 2.05) is 0 Å². The van der Waals surface area contributed by atoms with E-state index >= 15 is 0 Å². The van der Waals surface area contributed by atoms with E-state index in [0.717, 1.165) is 18.4 Å². The van der Waals surface area contributed by atoms with Gasteiger partial charge in [-0.1, -0.05) is 6.42 Å². The molecule has 1 aliphatic heterocycles. The van der Waals surface area contributed by atoms with Gasteiger partial charge in [0.25, 0.3) is 0 Å². The lowest BCUT2D eigenvalue weighted by atomic mass is 9.85. The van der Waals surface area contributed by atoms with Crippen molar-refractivity contribution in [3.05, 3.63) is 0 Å². The highest BCUT2D eigenvalue weighted by Gasteiger charge is 2.41. The van der Waals surface area contributed by atoms with E-state index in [0.29, 0.717) is 13.1 Å². The highest BCUT2D eigenvalue weighted by atomic mass is 32.2. The van der Waals surface area contributed by atoms with Gasteiger partial charge in [-0.25, -0.2) is 8.42 Å². The average molecular weight is 287 g/mol. The number of hydrogen-bond donors (Lipinski definition) is 1. The van der Waals surface area contributed by atoms with Gasteiger partial charge in [0.05, 0.1) is 10.5 Å². The zero-order valence-corrected chi connectivity index (χ0v) is 13.0. The van der Waals surface area contributed by atoms with E-state index in [4.69, 9.17) is 0 Å². The van der Waals surface area contributed by atoms with Crippen LogP contribution in [-0.4, -0.2) is 56.5 Å². The van der Waals surface area contributed by atoms with E-state index in [2.05, 4.69) is 15.2 Å². The van der Waals surface area contributed by atoms with Crippen molar-refractivity contribution in [2.45, 2.75) is 37.9 Å². The van der Waals surface area contributed by atoms with Gasteiger partial charge in [0.1, 0.15) is 0 Å². The van der Waals surface area contributed by atoms with E-state index in [1.54, 1.807) is 20.9 Å². The number of hydrogen-bond acceptors (Lipinski definition) is 3. The first-order valence-electron chi connectivity index (χ1n) is 7.03. The lowest BCUT2D eigenvalue weighted by Crippen LogP contribution is -2.57. The summed E-state index contributed by atoms with van der Waals surface area (Å²) < 4.78 is 23.3. The molecule has 1 aliphatic carbocycles. The lowest BCUT2D eigenvalue weighted by Gasteiger charge is -2.39. The van der Waals surface area contributed by atoms with E-state index < -0.39 is 14.6 Å². The molecular weight excluding hydrogens is 262 g/mol. The summed E-state index contributed by atoms with van der Waals surface area (Å²) in [5.41, 5.74) is 0. The molecule has 0 amide bonds. The van der Waals surface area contributed by atoms with Crippen LogP contribution >= 0.6 is 0 Å². The van der Waals surface area contributed by atoms with Crippen LogP contribution in [0.5, 0.6) is 0 Å². The average Bonchev–Trinajstić information content (AvgIpc) is 2.26. The van der Waals surface area contributed by atoms with Gasteiger partial charge >= 0.3 is 0 Å². The summed E-state index contributed by atoms with van der Waals surface area (Å²) in [7, 11) is -1.22. The Balaban J connectivity index is 1.96. The fourth-order valence-corrected chi connectivity index (χ4v) is 3.96. The Morgan fingerprint density at radius 2 is 2.11 bits per heavy atom. The third-order valence-corrected chi connectivity index (χ3v) is 6.86. The van der Waals surface area contributed by atoms with Crippen LogP contribution < -0.4 is 5.32 Å². The minimum atomic E-state index is -2.98. The smallest absolute Gasteiger partial charge is 0.193 e. The Kier molecular flexibility index (Phi) is 4.08. The second-order valence-corrected chi connectivity index (χ2v) is 8.97. The first-order chi connectivity index (χ1) is 8.86. The van der Waals surface area contributed by atoms with Crippen LogP contribution in [-0.2, 0) is 9.84 Å². The zero-order chi connectivity index (χ0) is 14.1.